The van der Waals surface area contributed by atoms with Crippen LogP contribution in [0.3, 0.4) is 0 Å². The van der Waals surface area contributed by atoms with Crippen LogP contribution >= 0.6 is 0 Å². The molecule has 0 heterocycles. The van der Waals surface area contributed by atoms with Crippen LogP contribution in [0, 0.1) is 0 Å². The molecule has 1 aromatic carbocycles. The number of carbonyl (C=O) groups excluding carboxylic acids is 1. The summed E-state index contributed by atoms with van der Waals surface area (Å²) < 4.78 is 51.8. The number of hydrogen-bond acceptors (Lipinski definition) is 7. The summed E-state index contributed by atoms with van der Waals surface area (Å²) in [5.74, 6) is -1.19. The second-order valence-electron chi connectivity index (χ2n) is 5.44. The Kier molecular flexibility index (Phi) is 6.99. The van der Waals surface area contributed by atoms with Crippen LogP contribution in [0.15, 0.2) is 30.0 Å². The van der Waals surface area contributed by atoms with Gasteiger partial charge < -0.3 is 16.2 Å². The van der Waals surface area contributed by atoms with Gasteiger partial charge in [0.25, 0.3) is 0 Å². The smallest absolute Gasteiger partial charge is 0.249 e. The lowest BCUT2D eigenvalue weighted by molar-refractivity contribution is 0.0999. The molecule has 0 aliphatic heterocycles. The van der Waals surface area contributed by atoms with Crippen LogP contribution < -0.4 is 16.2 Å². The number of sulfone groups is 2. The highest BCUT2D eigenvalue weighted by molar-refractivity contribution is 7.94. The first-order chi connectivity index (χ1) is 12.0. The Labute approximate surface area is 153 Å². The highest BCUT2D eigenvalue weighted by Crippen LogP contribution is 2.34. The van der Waals surface area contributed by atoms with E-state index in [0.29, 0.717) is 5.56 Å². The Morgan fingerprint density at radius 3 is 2.04 bits per heavy atom. The molecule has 10 heteroatoms. The van der Waals surface area contributed by atoms with E-state index in [0.717, 1.165) is 10.8 Å². The third-order valence-corrected chi connectivity index (χ3v) is 6.34. The van der Waals surface area contributed by atoms with Crippen molar-refractivity contribution < 1.29 is 26.4 Å². The highest BCUT2D eigenvalue weighted by Gasteiger charge is 2.22. The summed E-state index contributed by atoms with van der Waals surface area (Å²) in [5.41, 5.74) is 12.1. The second-order valence-corrected chi connectivity index (χ2v) is 9.57. The number of nitrogen functional groups attached to an aromatic ring is 1. The van der Waals surface area contributed by atoms with Gasteiger partial charge in [0.2, 0.25) is 5.91 Å². The minimum atomic E-state index is -3.51. The van der Waals surface area contributed by atoms with E-state index in [4.69, 9.17) is 16.2 Å². The molecule has 0 saturated carbocycles. The lowest BCUT2D eigenvalue weighted by Crippen LogP contribution is -2.19. The summed E-state index contributed by atoms with van der Waals surface area (Å²) in [6.07, 6.45) is -0.0483. The van der Waals surface area contributed by atoms with Gasteiger partial charge in [-0.25, -0.2) is 16.8 Å². The van der Waals surface area contributed by atoms with Gasteiger partial charge in [-0.1, -0.05) is 13.2 Å². The van der Waals surface area contributed by atoms with Gasteiger partial charge >= 0.3 is 0 Å². The summed E-state index contributed by atoms with van der Waals surface area (Å²) in [6, 6.07) is 1.38. The molecule has 4 N–H and O–H groups in total. The molecule has 0 aliphatic rings. The van der Waals surface area contributed by atoms with Crippen molar-refractivity contribution in [3.63, 3.8) is 0 Å². The van der Waals surface area contributed by atoms with Crippen molar-refractivity contribution in [1.82, 2.24) is 0 Å². The van der Waals surface area contributed by atoms with Crippen molar-refractivity contribution >= 4 is 31.3 Å². The molecular formula is C16H22N2O6S2. The van der Waals surface area contributed by atoms with E-state index in [1.165, 1.54) is 13.2 Å². The number of amides is 1. The van der Waals surface area contributed by atoms with Gasteiger partial charge in [-0.05, 0) is 30.0 Å². The number of nitrogens with two attached hydrogens (primary N) is 2. The van der Waals surface area contributed by atoms with E-state index < -0.39 is 25.6 Å². The fraction of sp³-hybridized carbons (Fsp3) is 0.312. The summed E-state index contributed by atoms with van der Waals surface area (Å²) >= 11 is 0. The summed E-state index contributed by atoms with van der Waals surface area (Å²) in [5, 5.41) is 1.66. The first-order valence-corrected chi connectivity index (χ1v) is 10.9. The van der Waals surface area contributed by atoms with Crippen LogP contribution in [-0.2, 0) is 32.5 Å². The Morgan fingerprint density at radius 2 is 1.62 bits per heavy atom. The van der Waals surface area contributed by atoms with Crippen LogP contribution in [0.4, 0.5) is 5.69 Å². The SMILES string of the molecule is C=CS(=O)(=O)CCc1cc(C(N)=O)c(CCS(=O)(=O)C=C)c(N)c1OC. The van der Waals surface area contributed by atoms with Crippen molar-refractivity contribution in [2.45, 2.75) is 12.8 Å². The Morgan fingerprint density at radius 1 is 1.12 bits per heavy atom. The number of anilines is 1. The van der Waals surface area contributed by atoms with E-state index in [1.54, 1.807) is 0 Å². The van der Waals surface area contributed by atoms with E-state index in [1.807, 2.05) is 0 Å². The molecule has 8 nitrogen and oxygen atoms in total. The van der Waals surface area contributed by atoms with Crippen LogP contribution in [0.5, 0.6) is 5.75 Å². The summed E-state index contributed by atoms with van der Waals surface area (Å²) in [7, 11) is -5.65. The van der Waals surface area contributed by atoms with E-state index in [9.17, 15) is 21.6 Å². The second kappa shape index (κ2) is 8.37. The van der Waals surface area contributed by atoms with Gasteiger partial charge in [0, 0.05) is 16.4 Å². The Hall–Kier alpha value is -2.33. The molecule has 0 fully saturated rings. The minimum absolute atomic E-state index is 0.0211. The lowest BCUT2D eigenvalue weighted by Gasteiger charge is -2.18. The number of aryl methyl sites for hydroxylation is 1. The maximum absolute atomic E-state index is 11.8. The first kappa shape index (κ1) is 21.7. The molecule has 1 rings (SSSR count). The topological polar surface area (TPSA) is 147 Å². The number of primary amides is 1. The molecule has 144 valence electrons. The fourth-order valence-corrected chi connectivity index (χ4v) is 3.69. The van der Waals surface area contributed by atoms with E-state index >= 15 is 0 Å². The first-order valence-electron chi connectivity index (χ1n) is 7.46. The number of carbonyl (C=O) groups is 1. The minimum Gasteiger partial charge on any atom is -0.494 e. The van der Waals surface area contributed by atoms with Crippen molar-refractivity contribution in [2.24, 2.45) is 5.73 Å². The molecule has 0 bridgehead atoms. The zero-order valence-electron chi connectivity index (χ0n) is 14.4. The van der Waals surface area contributed by atoms with Crippen molar-refractivity contribution in [2.75, 3.05) is 24.3 Å². The van der Waals surface area contributed by atoms with Crippen LogP contribution in [0.2, 0.25) is 0 Å². The summed E-state index contributed by atoms with van der Waals surface area (Å²) in [4.78, 5) is 11.8. The zero-order chi connectivity index (χ0) is 20.1. The molecule has 0 spiro atoms. The molecule has 0 atom stereocenters. The highest BCUT2D eigenvalue weighted by atomic mass is 32.2. The molecule has 1 aromatic rings. The van der Waals surface area contributed by atoms with E-state index in [-0.39, 0.29) is 46.9 Å². The Balaban J connectivity index is 3.42. The summed E-state index contributed by atoms with van der Waals surface area (Å²) in [6.45, 7) is 6.46. The standard InChI is InChI=1S/C16H22N2O6S2/c1-4-25(20,21)8-6-11-10-13(16(18)19)12(14(17)15(11)24-3)7-9-26(22,23)5-2/h4-5,10H,1-2,6-9,17H2,3H3,(H2,18,19). The van der Waals surface area contributed by atoms with Crippen molar-refractivity contribution in [1.29, 1.82) is 0 Å². The third-order valence-electron chi connectivity index (χ3n) is 3.78. The number of rotatable bonds is 10. The van der Waals surface area contributed by atoms with Crippen molar-refractivity contribution in [3.05, 3.63) is 46.7 Å². The largest absolute Gasteiger partial charge is 0.494 e. The molecule has 0 aliphatic carbocycles. The molecule has 26 heavy (non-hydrogen) atoms. The molecule has 0 unspecified atom stereocenters. The fourth-order valence-electron chi connectivity index (χ4n) is 2.36. The monoisotopic (exact) mass is 402 g/mol. The van der Waals surface area contributed by atoms with E-state index in [2.05, 4.69) is 13.2 Å². The molecule has 1 amide bonds. The predicted molar refractivity (Wildman–Crippen MR) is 101 cm³/mol. The number of methoxy groups -OCH3 is 1. The van der Waals surface area contributed by atoms with Gasteiger partial charge in [-0.15, -0.1) is 0 Å². The lowest BCUT2D eigenvalue weighted by atomic mass is 9.97. The number of hydrogen-bond donors (Lipinski definition) is 2. The van der Waals surface area contributed by atoms with Gasteiger partial charge in [0.05, 0.1) is 24.3 Å². The van der Waals surface area contributed by atoms with Gasteiger partial charge in [0.15, 0.2) is 19.7 Å². The van der Waals surface area contributed by atoms with Crippen LogP contribution in [0.25, 0.3) is 0 Å². The molecule has 0 aromatic heterocycles. The quantitative estimate of drug-likeness (QED) is 0.544. The zero-order valence-corrected chi connectivity index (χ0v) is 16.0. The predicted octanol–water partition coefficient (Wildman–Crippen LogP) is 0.578. The van der Waals surface area contributed by atoms with Crippen molar-refractivity contribution in [3.8, 4) is 5.75 Å². The number of benzene rings is 1. The molecule has 0 saturated heterocycles. The maximum Gasteiger partial charge on any atom is 0.249 e. The van der Waals surface area contributed by atoms with Gasteiger partial charge in [-0.2, -0.15) is 0 Å². The Bertz CT molecular complexity index is 934. The maximum atomic E-state index is 11.8. The molecule has 0 radical (unpaired) electrons. The average molecular weight is 402 g/mol. The van der Waals surface area contributed by atoms with Gasteiger partial charge in [0.1, 0.15) is 5.75 Å². The normalized spacial score (nSPS) is 11.7. The van der Waals surface area contributed by atoms with Gasteiger partial charge in [-0.3, -0.25) is 4.79 Å². The van der Waals surface area contributed by atoms with Crippen LogP contribution in [-0.4, -0.2) is 41.4 Å². The third kappa shape index (κ3) is 5.33. The van der Waals surface area contributed by atoms with Crippen LogP contribution in [0.1, 0.15) is 21.5 Å². The average Bonchev–Trinajstić information content (AvgIpc) is 2.58. The molecular weight excluding hydrogens is 380 g/mol. The number of ether oxygens (including phenoxy) is 1.